The molecule has 178 valence electrons. The number of nitriles is 1. The number of aliphatic hydroxyl groups is 1. The van der Waals surface area contributed by atoms with Gasteiger partial charge >= 0.3 is 0 Å². The third kappa shape index (κ3) is 3.35. The second-order valence-electron chi connectivity index (χ2n) is 10.1. The van der Waals surface area contributed by atoms with Gasteiger partial charge in [0.25, 0.3) is 0 Å². The fraction of sp³-hybridized carbons (Fsp3) is 0.267. The molecule has 2 aromatic heterocycles. The Labute approximate surface area is 210 Å². The molecule has 6 nitrogen and oxygen atoms in total. The molecule has 2 aliphatic carbocycles. The van der Waals surface area contributed by atoms with Crippen LogP contribution in [0.1, 0.15) is 37.9 Å². The van der Waals surface area contributed by atoms with Crippen molar-refractivity contribution in [1.29, 1.82) is 5.26 Å². The summed E-state index contributed by atoms with van der Waals surface area (Å²) in [6.07, 6.45) is 5.56. The van der Waals surface area contributed by atoms with E-state index in [2.05, 4.69) is 64.0 Å². The molecule has 0 saturated carbocycles. The largest absolute Gasteiger partial charge is 0.511 e. The number of aliphatic hydroxyl groups excluding tert-OH is 1. The molecule has 0 saturated heterocycles. The van der Waals surface area contributed by atoms with Crippen LogP contribution in [-0.4, -0.2) is 24.9 Å². The quantitative estimate of drug-likeness (QED) is 0.383. The van der Waals surface area contributed by atoms with Crippen molar-refractivity contribution >= 4 is 0 Å². The molecule has 2 aliphatic rings. The van der Waals surface area contributed by atoms with Crippen LogP contribution in [0.5, 0.6) is 0 Å². The SMILES string of the molecule is C[C@H]1C(O)=C(C#N)C[C@@]2(C)c3c(c(-c4ccncn4)nn3-c3ccc(-c4ccccc4)cc3)CC[C@H]12. The lowest BCUT2D eigenvalue weighted by atomic mass is 9.56. The molecule has 3 atom stereocenters. The maximum absolute atomic E-state index is 10.8. The van der Waals surface area contributed by atoms with Crippen LogP contribution >= 0.6 is 0 Å². The zero-order valence-corrected chi connectivity index (χ0v) is 20.4. The van der Waals surface area contributed by atoms with Gasteiger partial charge in [0.2, 0.25) is 0 Å². The van der Waals surface area contributed by atoms with Crippen LogP contribution in [0, 0.1) is 23.2 Å². The van der Waals surface area contributed by atoms with Crippen molar-refractivity contribution in [2.45, 2.75) is 38.5 Å². The maximum Gasteiger partial charge on any atom is 0.116 e. The summed E-state index contributed by atoms with van der Waals surface area (Å²) >= 11 is 0. The van der Waals surface area contributed by atoms with Gasteiger partial charge in [0, 0.05) is 23.1 Å². The molecule has 36 heavy (non-hydrogen) atoms. The Morgan fingerprint density at radius 1 is 1.06 bits per heavy atom. The van der Waals surface area contributed by atoms with E-state index in [4.69, 9.17) is 5.10 Å². The van der Waals surface area contributed by atoms with E-state index in [-0.39, 0.29) is 23.0 Å². The predicted octanol–water partition coefficient (Wildman–Crippen LogP) is 6.19. The van der Waals surface area contributed by atoms with Crippen LogP contribution in [0.2, 0.25) is 0 Å². The van der Waals surface area contributed by atoms with Crippen molar-refractivity contribution in [3.63, 3.8) is 0 Å². The van der Waals surface area contributed by atoms with Crippen LogP contribution < -0.4 is 0 Å². The molecule has 0 spiro atoms. The average molecular weight is 474 g/mol. The minimum Gasteiger partial charge on any atom is -0.511 e. The summed E-state index contributed by atoms with van der Waals surface area (Å²) in [5.74, 6) is 0.370. The number of aromatic nitrogens is 4. The molecule has 0 fully saturated rings. The van der Waals surface area contributed by atoms with Gasteiger partial charge in [-0.25, -0.2) is 14.6 Å². The molecule has 1 N–H and O–H groups in total. The van der Waals surface area contributed by atoms with Crippen LogP contribution in [0.15, 0.2) is 84.5 Å². The molecular weight excluding hydrogens is 446 g/mol. The van der Waals surface area contributed by atoms with Crippen molar-refractivity contribution in [1.82, 2.24) is 19.7 Å². The van der Waals surface area contributed by atoms with Gasteiger partial charge < -0.3 is 5.11 Å². The summed E-state index contributed by atoms with van der Waals surface area (Å²) in [5.41, 5.74) is 7.36. The van der Waals surface area contributed by atoms with Gasteiger partial charge in [-0.05, 0) is 54.5 Å². The Hall–Kier alpha value is -4.24. The van der Waals surface area contributed by atoms with Gasteiger partial charge in [-0.3, -0.25) is 0 Å². The summed E-state index contributed by atoms with van der Waals surface area (Å²) in [6.45, 7) is 4.27. The van der Waals surface area contributed by atoms with E-state index in [9.17, 15) is 10.4 Å². The highest BCUT2D eigenvalue weighted by molar-refractivity contribution is 5.66. The van der Waals surface area contributed by atoms with Gasteiger partial charge in [-0.2, -0.15) is 10.4 Å². The number of allylic oxidation sites excluding steroid dienone is 2. The molecular formula is C30H27N5O. The fourth-order valence-electron chi connectivity index (χ4n) is 6.35. The number of nitrogens with zero attached hydrogens (tertiary/aromatic N) is 5. The molecule has 6 heteroatoms. The Morgan fingerprint density at radius 2 is 1.81 bits per heavy atom. The summed E-state index contributed by atoms with van der Waals surface area (Å²) in [5, 5.41) is 25.7. The third-order valence-corrected chi connectivity index (χ3v) is 8.11. The maximum atomic E-state index is 10.8. The van der Waals surface area contributed by atoms with E-state index < -0.39 is 0 Å². The lowest BCUT2D eigenvalue weighted by molar-refractivity contribution is 0.134. The number of fused-ring (bicyclic) bond motifs is 3. The number of hydrogen-bond acceptors (Lipinski definition) is 5. The topological polar surface area (TPSA) is 87.6 Å². The minimum atomic E-state index is -0.347. The van der Waals surface area contributed by atoms with Crippen LogP contribution in [0.3, 0.4) is 0 Å². The first-order chi connectivity index (χ1) is 17.5. The molecule has 0 amide bonds. The summed E-state index contributed by atoms with van der Waals surface area (Å²) < 4.78 is 2.05. The van der Waals surface area contributed by atoms with Gasteiger partial charge in [0.05, 0.1) is 28.7 Å². The fourth-order valence-corrected chi connectivity index (χ4v) is 6.35. The first kappa shape index (κ1) is 22.2. The first-order valence-corrected chi connectivity index (χ1v) is 12.4. The Bertz CT molecular complexity index is 1500. The second kappa shape index (κ2) is 8.46. The van der Waals surface area contributed by atoms with Gasteiger partial charge in [0.15, 0.2) is 0 Å². The smallest absolute Gasteiger partial charge is 0.116 e. The lowest BCUT2D eigenvalue weighted by Gasteiger charge is -2.47. The van der Waals surface area contributed by atoms with Gasteiger partial charge in [-0.15, -0.1) is 0 Å². The van der Waals surface area contributed by atoms with Crippen molar-refractivity contribution in [3.05, 3.63) is 95.8 Å². The Balaban J connectivity index is 1.55. The third-order valence-electron chi connectivity index (χ3n) is 8.11. The lowest BCUT2D eigenvalue weighted by Crippen LogP contribution is -2.45. The van der Waals surface area contributed by atoms with E-state index in [0.29, 0.717) is 12.0 Å². The molecule has 6 rings (SSSR count). The normalized spacial score (nSPS) is 23.0. The highest BCUT2D eigenvalue weighted by atomic mass is 16.3. The highest BCUT2D eigenvalue weighted by Gasteiger charge is 2.51. The molecule has 0 radical (unpaired) electrons. The average Bonchev–Trinajstić information content (AvgIpc) is 3.33. The van der Waals surface area contributed by atoms with E-state index in [0.717, 1.165) is 41.2 Å². The van der Waals surface area contributed by atoms with Crippen molar-refractivity contribution in [2.24, 2.45) is 11.8 Å². The molecule has 0 bridgehead atoms. The van der Waals surface area contributed by atoms with Crippen LogP contribution in [0.25, 0.3) is 28.2 Å². The zero-order chi connectivity index (χ0) is 24.9. The van der Waals surface area contributed by atoms with Crippen LogP contribution in [0.4, 0.5) is 0 Å². The molecule has 4 aromatic rings. The van der Waals surface area contributed by atoms with E-state index in [1.165, 1.54) is 11.1 Å². The van der Waals surface area contributed by atoms with Crippen LogP contribution in [-0.2, 0) is 11.8 Å². The van der Waals surface area contributed by atoms with Gasteiger partial charge in [0.1, 0.15) is 17.8 Å². The monoisotopic (exact) mass is 473 g/mol. The van der Waals surface area contributed by atoms with E-state index >= 15 is 0 Å². The Kier molecular flexibility index (Phi) is 5.22. The zero-order valence-electron chi connectivity index (χ0n) is 20.4. The van der Waals surface area contributed by atoms with Gasteiger partial charge in [-0.1, -0.05) is 56.3 Å². The molecule has 0 aliphatic heterocycles. The molecule has 2 aromatic carbocycles. The van der Waals surface area contributed by atoms with E-state index in [1.54, 1.807) is 12.5 Å². The second-order valence-corrected chi connectivity index (χ2v) is 10.1. The number of benzene rings is 2. The highest BCUT2D eigenvalue weighted by Crippen LogP contribution is 2.54. The number of hydrogen-bond donors (Lipinski definition) is 1. The minimum absolute atomic E-state index is 0.0853. The number of rotatable bonds is 3. The standard InChI is InChI=1S/C30H27N5O/c1-19-25-13-12-24-27(26-14-15-32-18-33-26)34-35(29(24)30(25,2)16-22(17-31)28(19)36)23-10-8-21(9-11-23)20-6-4-3-5-7-20/h3-11,14-15,18-19,25,36H,12-13,16H2,1-2H3/t19-,25-,30-/m1/s1. The summed E-state index contributed by atoms with van der Waals surface area (Å²) in [7, 11) is 0. The van der Waals surface area contributed by atoms with Crippen molar-refractivity contribution < 1.29 is 5.11 Å². The summed E-state index contributed by atoms with van der Waals surface area (Å²) in [6, 6.07) is 23.0. The van der Waals surface area contributed by atoms with E-state index in [1.807, 2.05) is 31.2 Å². The molecule has 0 unspecified atom stereocenters. The predicted molar refractivity (Wildman–Crippen MR) is 138 cm³/mol. The van der Waals surface area contributed by atoms with Crippen molar-refractivity contribution in [2.75, 3.05) is 0 Å². The van der Waals surface area contributed by atoms with Crippen molar-refractivity contribution in [3.8, 4) is 34.3 Å². The summed E-state index contributed by atoms with van der Waals surface area (Å²) in [4.78, 5) is 8.60. The molecule has 2 heterocycles. The first-order valence-electron chi connectivity index (χ1n) is 12.4. The Morgan fingerprint density at radius 3 is 2.50 bits per heavy atom.